The maximum atomic E-state index is 5.14. The first-order chi connectivity index (χ1) is 8.86. The molecule has 0 bridgehead atoms. The molecule has 1 aliphatic rings. The molecular weight excluding hydrogens is 226 g/mol. The van der Waals surface area contributed by atoms with Crippen LogP contribution >= 0.6 is 0 Å². The summed E-state index contributed by atoms with van der Waals surface area (Å²) in [5.41, 5.74) is 2.27. The molecule has 1 aromatic heterocycles. The monoisotopic (exact) mass is 241 g/mol. The average molecular weight is 241 g/mol. The Morgan fingerprint density at radius 3 is 2.78 bits per heavy atom. The number of benzene rings is 1. The lowest BCUT2D eigenvalue weighted by Gasteiger charge is -2.27. The van der Waals surface area contributed by atoms with Crippen molar-refractivity contribution in [2.45, 2.75) is 6.04 Å². The second-order valence-electron chi connectivity index (χ2n) is 4.24. The van der Waals surface area contributed by atoms with Gasteiger partial charge in [0.1, 0.15) is 0 Å². The van der Waals surface area contributed by atoms with Gasteiger partial charge in [0.2, 0.25) is 5.88 Å². The Hall–Kier alpha value is -2.23. The van der Waals surface area contributed by atoms with Crippen molar-refractivity contribution in [3.63, 3.8) is 0 Å². The van der Waals surface area contributed by atoms with Crippen molar-refractivity contribution in [1.29, 1.82) is 0 Å². The highest BCUT2D eigenvalue weighted by atomic mass is 16.5. The minimum absolute atomic E-state index is 0.235. The van der Waals surface area contributed by atoms with Gasteiger partial charge in [0, 0.05) is 12.6 Å². The SMILES string of the molecule is COc1ccc2c(n1)N[C@@H](c1ccccc1)CN2. The van der Waals surface area contributed by atoms with Crippen LogP contribution in [-0.4, -0.2) is 18.6 Å². The van der Waals surface area contributed by atoms with E-state index >= 15 is 0 Å². The van der Waals surface area contributed by atoms with Gasteiger partial charge in [-0.25, -0.2) is 0 Å². The Balaban J connectivity index is 1.88. The van der Waals surface area contributed by atoms with E-state index in [4.69, 9.17) is 4.74 Å². The van der Waals surface area contributed by atoms with Crippen molar-refractivity contribution in [2.75, 3.05) is 24.3 Å². The Bertz CT molecular complexity index is 542. The molecule has 0 aliphatic carbocycles. The lowest BCUT2D eigenvalue weighted by molar-refractivity contribution is 0.398. The van der Waals surface area contributed by atoms with Crippen LogP contribution in [-0.2, 0) is 0 Å². The zero-order valence-corrected chi connectivity index (χ0v) is 10.2. The molecule has 0 radical (unpaired) electrons. The van der Waals surface area contributed by atoms with Crippen LogP contribution in [0.4, 0.5) is 11.5 Å². The molecular formula is C14H15N3O. The number of nitrogens with one attached hydrogen (secondary N) is 2. The number of fused-ring (bicyclic) bond motifs is 1. The van der Waals surface area contributed by atoms with E-state index in [9.17, 15) is 0 Å². The third-order valence-electron chi connectivity index (χ3n) is 3.09. The van der Waals surface area contributed by atoms with Crippen LogP contribution in [0, 0.1) is 0 Å². The summed E-state index contributed by atoms with van der Waals surface area (Å²) in [4.78, 5) is 4.41. The fourth-order valence-electron chi connectivity index (χ4n) is 2.12. The second kappa shape index (κ2) is 4.56. The number of rotatable bonds is 2. The van der Waals surface area contributed by atoms with Crippen molar-refractivity contribution in [3.05, 3.63) is 48.0 Å². The number of anilines is 2. The highest BCUT2D eigenvalue weighted by molar-refractivity contribution is 5.68. The molecule has 2 heterocycles. The lowest BCUT2D eigenvalue weighted by Crippen LogP contribution is -2.26. The minimum Gasteiger partial charge on any atom is -0.481 e. The van der Waals surface area contributed by atoms with Gasteiger partial charge in [-0.1, -0.05) is 30.3 Å². The number of hydrogen-bond donors (Lipinski definition) is 2. The molecule has 0 amide bonds. The van der Waals surface area contributed by atoms with Crippen molar-refractivity contribution >= 4 is 11.5 Å². The lowest BCUT2D eigenvalue weighted by atomic mass is 10.1. The Morgan fingerprint density at radius 1 is 1.17 bits per heavy atom. The summed E-state index contributed by atoms with van der Waals surface area (Å²) in [7, 11) is 1.62. The van der Waals surface area contributed by atoms with Crippen LogP contribution in [0.2, 0.25) is 0 Å². The molecule has 1 atom stereocenters. The third kappa shape index (κ3) is 1.97. The quantitative estimate of drug-likeness (QED) is 0.848. The Kier molecular flexibility index (Phi) is 2.76. The molecule has 0 saturated carbocycles. The number of nitrogens with zero attached hydrogens (tertiary/aromatic N) is 1. The maximum absolute atomic E-state index is 5.14. The van der Waals surface area contributed by atoms with Crippen LogP contribution < -0.4 is 15.4 Å². The predicted molar refractivity (Wildman–Crippen MR) is 72.1 cm³/mol. The van der Waals surface area contributed by atoms with Crippen LogP contribution in [0.1, 0.15) is 11.6 Å². The van der Waals surface area contributed by atoms with E-state index in [0.717, 1.165) is 18.1 Å². The van der Waals surface area contributed by atoms with Crippen molar-refractivity contribution in [1.82, 2.24) is 4.98 Å². The minimum atomic E-state index is 0.235. The van der Waals surface area contributed by atoms with Gasteiger partial charge in [-0.15, -0.1) is 0 Å². The molecule has 1 aromatic carbocycles. The van der Waals surface area contributed by atoms with Crippen LogP contribution in [0.15, 0.2) is 42.5 Å². The van der Waals surface area contributed by atoms with Gasteiger partial charge in [0.25, 0.3) is 0 Å². The first kappa shape index (κ1) is 10.9. The van der Waals surface area contributed by atoms with E-state index in [2.05, 4.69) is 27.8 Å². The highest BCUT2D eigenvalue weighted by Gasteiger charge is 2.19. The van der Waals surface area contributed by atoms with Crippen LogP contribution in [0.3, 0.4) is 0 Å². The molecule has 2 aromatic rings. The largest absolute Gasteiger partial charge is 0.481 e. The van der Waals surface area contributed by atoms with Crippen molar-refractivity contribution < 1.29 is 4.74 Å². The summed E-state index contributed by atoms with van der Waals surface area (Å²) in [6.45, 7) is 0.852. The summed E-state index contributed by atoms with van der Waals surface area (Å²) < 4.78 is 5.14. The van der Waals surface area contributed by atoms with Gasteiger partial charge in [-0.3, -0.25) is 0 Å². The molecule has 92 valence electrons. The topological polar surface area (TPSA) is 46.2 Å². The summed E-state index contributed by atoms with van der Waals surface area (Å²) in [6.07, 6.45) is 0. The smallest absolute Gasteiger partial charge is 0.215 e. The normalized spacial score (nSPS) is 17.3. The third-order valence-corrected chi connectivity index (χ3v) is 3.09. The van der Waals surface area contributed by atoms with Gasteiger partial charge < -0.3 is 15.4 Å². The van der Waals surface area contributed by atoms with Crippen LogP contribution in [0.5, 0.6) is 5.88 Å². The molecule has 4 heteroatoms. The number of aromatic nitrogens is 1. The highest BCUT2D eigenvalue weighted by Crippen LogP contribution is 2.31. The maximum Gasteiger partial charge on any atom is 0.215 e. The molecule has 1 aliphatic heterocycles. The van der Waals surface area contributed by atoms with Crippen molar-refractivity contribution in [2.24, 2.45) is 0 Å². The Labute approximate surface area is 106 Å². The summed E-state index contributed by atoms with van der Waals surface area (Å²) in [5.74, 6) is 1.46. The molecule has 0 fully saturated rings. The summed E-state index contributed by atoms with van der Waals surface area (Å²) in [5, 5.41) is 6.82. The molecule has 0 unspecified atom stereocenters. The second-order valence-corrected chi connectivity index (χ2v) is 4.24. The van der Waals surface area contributed by atoms with E-state index in [-0.39, 0.29) is 6.04 Å². The zero-order valence-electron chi connectivity index (χ0n) is 10.2. The van der Waals surface area contributed by atoms with E-state index in [0.29, 0.717) is 5.88 Å². The van der Waals surface area contributed by atoms with Gasteiger partial charge in [0.15, 0.2) is 5.82 Å². The fourth-order valence-corrected chi connectivity index (χ4v) is 2.12. The molecule has 0 spiro atoms. The Morgan fingerprint density at radius 2 is 2.00 bits per heavy atom. The van der Waals surface area contributed by atoms with Gasteiger partial charge in [-0.05, 0) is 11.6 Å². The number of pyridine rings is 1. The standard InChI is InChI=1S/C14H15N3O/c1-18-13-8-7-11-14(17-13)16-12(9-15-11)10-5-3-2-4-6-10/h2-8,12,15H,9H2,1H3,(H,16,17)/t12-/m1/s1. The molecule has 3 rings (SSSR count). The van der Waals surface area contributed by atoms with E-state index in [1.165, 1.54) is 5.56 Å². The molecule has 0 saturated heterocycles. The zero-order chi connectivity index (χ0) is 12.4. The fraction of sp³-hybridized carbons (Fsp3) is 0.214. The first-order valence-corrected chi connectivity index (χ1v) is 5.97. The number of hydrogen-bond acceptors (Lipinski definition) is 4. The number of methoxy groups -OCH3 is 1. The summed E-state index contributed by atoms with van der Waals surface area (Å²) >= 11 is 0. The van der Waals surface area contributed by atoms with E-state index in [1.54, 1.807) is 7.11 Å². The van der Waals surface area contributed by atoms with Gasteiger partial charge in [0.05, 0.1) is 18.8 Å². The molecule has 2 N–H and O–H groups in total. The van der Waals surface area contributed by atoms with E-state index in [1.807, 2.05) is 30.3 Å². The van der Waals surface area contributed by atoms with Crippen molar-refractivity contribution in [3.8, 4) is 5.88 Å². The first-order valence-electron chi connectivity index (χ1n) is 5.97. The van der Waals surface area contributed by atoms with Crippen LogP contribution in [0.25, 0.3) is 0 Å². The van der Waals surface area contributed by atoms with Gasteiger partial charge >= 0.3 is 0 Å². The van der Waals surface area contributed by atoms with E-state index < -0.39 is 0 Å². The predicted octanol–water partition coefficient (Wildman–Crippen LogP) is 2.67. The van der Waals surface area contributed by atoms with Gasteiger partial charge in [-0.2, -0.15) is 4.98 Å². The average Bonchev–Trinajstić information content (AvgIpc) is 2.47. The molecule has 18 heavy (non-hydrogen) atoms. The number of ether oxygens (including phenoxy) is 1. The molecule has 4 nitrogen and oxygen atoms in total. The summed E-state index contributed by atoms with van der Waals surface area (Å²) in [6, 6.07) is 14.4.